The van der Waals surface area contributed by atoms with Crippen LogP contribution in [0.3, 0.4) is 0 Å². The van der Waals surface area contributed by atoms with Gasteiger partial charge in [-0.25, -0.2) is 0 Å². The predicted molar refractivity (Wildman–Crippen MR) is 91.9 cm³/mol. The molecule has 0 bridgehead atoms. The van der Waals surface area contributed by atoms with E-state index in [0.717, 1.165) is 13.1 Å². The van der Waals surface area contributed by atoms with Gasteiger partial charge >= 0.3 is 0 Å². The molecule has 0 atom stereocenters. The van der Waals surface area contributed by atoms with Gasteiger partial charge in [0.2, 0.25) is 0 Å². The van der Waals surface area contributed by atoms with Crippen LogP contribution in [0.5, 0.6) is 0 Å². The van der Waals surface area contributed by atoms with Crippen molar-refractivity contribution in [2.24, 2.45) is 0 Å². The monoisotopic (exact) mass is 275 g/mol. The molecule has 106 valence electrons. The zero-order valence-electron chi connectivity index (χ0n) is 12.7. The van der Waals surface area contributed by atoms with Gasteiger partial charge in [-0.2, -0.15) is 0 Å². The summed E-state index contributed by atoms with van der Waals surface area (Å²) in [5.74, 6) is 0. The summed E-state index contributed by atoms with van der Waals surface area (Å²) in [6.45, 7) is 6.29. The van der Waals surface area contributed by atoms with Crippen LogP contribution in [-0.2, 0) is 6.54 Å². The van der Waals surface area contributed by atoms with Crippen LogP contribution in [0.2, 0.25) is 0 Å². The maximum Gasteiger partial charge on any atom is 0.0435 e. The molecule has 0 spiro atoms. The van der Waals surface area contributed by atoms with Gasteiger partial charge in [-0.05, 0) is 42.3 Å². The molecule has 3 aromatic rings. The van der Waals surface area contributed by atoms with Crippen LogP contribution >= 0.6 is 0 Å². The molecular formula is C20H21N. The number of nitrogens with zero attached hydrogens (tertiary/aromatic N) is 1. The zero-order valence-corrected chi connectivity index (χ0v) is 12.7. The molecule has 0 radical (unpaired) electrons. The van der Waals surface area contributed by atoms with Crippen molar-refractivity contribution in [1.29, 1.82) is 0 Å². The summed E-state index contributed by atoms with van der Waals surface area (Å²) >= 11 is 0. The molecule has 3 rings (SSSR count). The SMILES string of the molecule is CCN(Cc1cccc2ccccc12)c1ccc(C)cc1. The molecule has 0 heterocycles. The fourth-order valence-corrected chi connectivity index (χ4v) is 2.78. The first-order valence-corrected chi connectivity index (χ1v) is 7.56. The third kappa shape index (κ3) is 2.92. The lowest BCUT2D eigenvalue weighted by Crippen LogP contribution is -2.22. The zero-order chi connectivity index (χ0) is 14.7. The van der Waals surface area contributed by atoms with E-state index in [1.54, 1.807) is 0 Å². The number of hydrogen-bond acceptors (Lipinski definition) is 1. The Kier molecular flexibility index (Phi) is 3.92. The molecule has 0 N–H and O–H groups in total. The van der Waals surface area contributed by atoms with Crippen molar-refractivity contribution >= 4 is 16.5 Å². The molecule has 1 nitrogen and oxygen atoms in total. The summed E-state index contributed by atoms with van der Waals surface area (Å²) in [4.78, 5) is 2.42. The third-order valence-electron chi connectivity index (χ3n) is 4.02. The van der Waals surface area contributed by atoms with E-state index < -0.39 is 0 Å². The van der Waals surface area contributed by atoms with Crippen LogP contribution in [0.4, 0.5) is 5.69 Å². The van der Waals surface area contributed by atoms with Gasteiger partial charge in [0.25, 0.3) is 0 Å². The fourth-order valence-electron chi connectivity index (χ4n) is 2.78. The molecule has 0 aliphatic carbocycles. The lowest BCUT2D eigenvalue weighted by molar-refractivity contribution is 0.836. The number of anilines is 1. The van der Waals surface area contributed by atoms with Crippen LogP contribution in [0, 0.1) is 6.92 Å². The predicted octanol–water partition coefficient (Wildman–Crippen LogP) is 5.17. The Bertz CT molecular complexity index is 723. The molecule has 0 amide bonds. The van der Waals surface area contributed by atoms with E-state index in [-0.39, 0.29) is 0 Å². The van der Waals surface area contributed by atoms with Gasteiger partial charge in [0.05, 0.1) is 0 Å². The maximum absolute atomic E-state index is 2.42. The second kappa shape index (κ2) is 6.01. The van der Waals surface area contributed by atoms with Crippen molar-refractivity contribution in [2.75, 3.05) is 11.4 Å². The highest BCUT2D eigenvalue weighted by Gasteiger charge is 2.07. The fraction of sp³-hybridized carbons (Fsp3) is 0.200. The first-order valence-electron chi connectivity index (χ1n) is 7.56. The number of benzene rings is 3. The Morgan fingerprint density at radius 1 is 0.810 bits per heavy atom. The second-order valence-corrected chi connectivity index (χ2v) is 5.49. The largest absolute Gasteiger partial charge is 0.367 e. The lowest BCUT2D eigenvalue weighted by atomic mass is 10.0. The molecule has 0 saturated carbocycles. The Balaban J connectivity index is 1.94. The van der Waals surface area contributed by atoms with Crippen LogP contribution in [0.15, 0.2) is 66.7 Å². The quantitative estimate of drug-likeness (QED) is 0.634. The number of hydrogen-bond donors (Lipinski definition) is 0. The number of rotatable bonds is 4. The van der Waals surface area contributed by atoms with E-state index >= 15 is 0 Å². The average molecular weight is 275 g/mol. The van der Waals surface area contributed by atoms with Gasteiger partial charge in [-0.15, -0.1) is 0 Å². The molecule has 1 heteroatoms. The van der Waals surface area contributed by atoms with Crippen LogP contribution in [0.25, 0.3) is 10.8 Å². The molecule has 0 aliphatic rings. The van der Waals surface area contributed by atoms with Gasteiger partial charge in [-0.1, -0.05) is 60.2 Å². The van der Waals surface area contributed by atoms with E-state index in [0.29, 0.717) is 0 Å². The molecule has 0 fully saturated rings. The molecule has 0 aliphatic heterocycles. The van der Waals surface area contributed by atoms with Crippen molar-refractivity contribution in [2.45, 2.75) is 20.4 Å². The molecule has 21 heavy (non-hydrogen) atoms. The second-order valence-electron chi connectivity index (χ2n) is 5.49. The van der Waals surface area contributed by atoms with Crippen molar-refractivity contribution in [3.63, 3.8) is 0 Å². The average Bonchev–Trinajstić information content (AvgIpc) is 2.54. The molecule has 0 aromatic heterocycles. The Labute approximate surface area is 126 Å². The van der Waals surface area contributed by atoms with Crippen LogP contribution < -0.4 is 4.90 Å². The highest BCUT2D eigenvalue weighted by molar-refractivity contribution is 5.85. The summed E-state index contributed by atoms with van der Waals surface area (Å²) in [5.41, 5.74) is 3.98. The summed E-state index contributed by atoms with van der Waals surface area (Å²) < 4.78 is 0. The van der Waals surface area contributed by atoms with Gasteiger partial charge < -0.3 is 4.90 Å². The summed E-state index contributed by atoms with van der Waals surface area (Å²) in [6, 6.07) is 24.0. The summed E-state index contributed by atoms with van der Waals surface area (Å²) in [5, 5.41) is 2.67. The number of fused-ring (bicyclic) bond motifs is 1. The van der Waals surface area contributed by atoms with E-state index in [9.17, 15) is 0 Å². The minimum atomic E-state index is 0.945. The van der Waals surface area contributed by atoms with Gasteiger partial charge in [-0.3, -0.25) is 0 Å². The molecule has 3 aromatic carbocycles. The van der Waals surface area contributed by atoms with Gasteiger partial charge in [0, 0.05) is 18.8 Å². The minimum Gasteiger partial charge on any atom is -0.367 e. The third-order valence-corrected chi connectivity index (χ3v) is 4.02. The van der Waals surface area contributed by atoms with E-state index in [4.69, 9.17) is 0 Å². The maximum atomic E-state index is 2.42. The van der Waals surface area contributed by atoms with Crippen molar-refractivity contribution in [3.8, 4) is 0 Å². The van der Waals surface area contributed by atoms with Crippen molar-refractivity contribution in [3.05, 3.63) is 77.9 Å². The molecule has 0 saturated heterocycles. The van der Waals surface area contributed by atoms with E-state index in [2.05, 4.69) is 85.5 Å². The normalized spacial score (nSPS) is 10.8. The standard InChI is InChI=1S/C20H21N/c1-3-21(19-13-11-16(2)12-14-19)15-18-9-6-8-17-7-4-5-10-20(17)18/h4-14H,3,15H2,1-2H3. The summed E-state index contributed by atoms with van der Waals surface area (Å²) in [6.07, 6.45) is 0. The van der Waals surface area contributed by atoms with Crippen molar-refractivity contribution < 1.29 is 0 Å². The van der Waals surface area contributed by atoms with Crippen molar-refractivity contribution in [1.82, 2.24) is 0 Å². The van der Waals surface area contributed by atoms with Gasteiger partial charge in [0.15, 0.2) is 0 Å². The molecule has 0 unspecified atom stereocenters. The highest BCUT2D eigenvalue weighted by atomic mass is 15.1. The Hall–Kier alpha value is -2.28. The first kappa shape index (κ1) is 13.7. The van der Waals surface area contributed by atoms with E-state index in [1.807, 2.05) is 0 Å². The minimum absolute atomic E-state index is 0.945. The van der Waals surface area contributed by atoms with Gasteiger partial charge in [0.1, 0.15) is 0 Å². The lowest BCUT2D eigenvalue weighted by Gasteiger charge is -2.24. The highest BCUT2D eigenvalue weighted by Crippen LogP contribution is 2.23. The molecular weight excluding hydrogens is 254 g/mol. The smallest absolute Gasteiger partial charge is 0.0435 e. The topological polar surface area (TPSA) is 3.24 Å². The van der Waals surface area contributed by atoms with E-state index in [1.165, 1.54) is 27.6 Å². The Morgan fingerprint density at radius 2 is 1.52 bits per heavy atom. The number of aryl methyl sites for hydroxylation is 1. The Morgan fingerprint density at radius 3 is 2.29 bits per heavy atom. The summed E-state index contributed by atoms with van der Waals surface area (Å²) in [7, 11) is 0. The van der Waals surface area contributed by atoms with Crippen LogP contribution in [-0.4, -0.2) is 6.54 Å². The first-order chi connectivity index (χ1) is 10.3. The van der Waals surface area contributed by atoms with Crippen LogP contribution in [0.1, 0.15) is 18.1 Å².